The van der Waals surface area contributed by atoms with E-state index in [1.165, 1.54) is 0 Å². The van der Waals surface area contributed by atoms with Gasteiger partial charge in [-0.15, -0.1) is 0 Å². The van der Waals surface area contributed by atoms with Crippen LogP contribution in [-0.2, 0) is 0 Å². The van der Waals surface area contributed by atoms with Crippen LogP contribution in [0.3, 0.4) is 0 Å². The Bertz CT molecular complexity index is 419. The minimum absolute atomic E-state index is 0.234. The first-order chi connectivity index (χ1) is 7.61. The second-order valence-corrected chi connectivity index (χ2v) is 3.84. The number of aryl methyl sites for hydroxylation is 1. The summed E-state index contributed by atoms with van der Waals surface area (Å²) >= 11 is 0. The molecule has 1 aromatic rings. The van der Waals surface area contributed by atoms with Gasteiger partial charge in [-0.3, -0.25) is 4.99 Å². The molecule has 0 radical (unpaired) electrons. The van der Waals surface area contributed by atoms with Crippen molar-refractivity contribution in [3.8, 4) is 0 Å². The van der Waals surface area contributed by atoms with Gasteiger partial charge < -0.3 is 0 Å². The van der Waals surface area contributed by atoms with Crippen LogP contribution in [0.2, 0.25) is 0 Å². The zero-order chi connectivity index (χ0) is 12.1. The second kappa shape index (κ2) is 5.54. The van der Waals surface area contributed by atoms with Gasteiger partial charge >= 0.3 is 0 Å². The minimum atomic E-state index is 0.234. The maximum absolute atomic E-state index is 4.38. The van der Waals surface area contributed by atoms with E-state index < -0.39 is 0 Å². The lowest BCUT2D eigenvalue weighted by Crippen LogP contribution is -2.10. The Labute approximate surface area is 97.4 Å². The van der Waals surface area contributed by atoms with Crippen molar-refractivity contribution in [3.05, 3.63) is 29.4 Å². The smallest absolute Gasteiger partial charge is 0.115 e. The van der Waals surface area contributed by atoms with Crippen molar-refractivity contribution < 1.29 is 0 Å². The number of allylic oxidation sites excluding steroid dienone is 1. The minimum Gasteiger partial charge on any atom is -0.297 e. The number of rotatable bonds is 3. The van der Waals surface area contributed by atoms with Gasteiger partial charge in [0.25, 0.3) is 0 Å². The Hall–Kier alpha value is -1.51. The van der Waals surface area contributed by atoms with Crippen LogP contribution in [0.4, 0.5) is 0 Å². The fraction of sp³-hybridized carbons (Fsp3) is 0.462. The molecule has 1 rings (SSSR count). The molecule has 0 fully saturated rings. The van der Waals surface area contributed by atoms with E-state index in [1.54, 1.807) is 6.33 Å². The van der Waals surface area contributed by atoms with Gasteiger partial charge in [0.2, 0.25) is 0 Å². The second-order valence-electron chi connectivity index (χ2n) is 3.84. The third-order valence-electron chi connectivity index (χ3n) is 2.84. The van der Waals surface area contributed by atoms with E-state index >= 15 is 0 Å². The van der Waals surface area contributed by atoms with Crippen molar-refractivity contribution in [3.63, 3.8) is 0 Å². The molecule has 0 saturated carbocycles. The van der Waals surface area contributed by atoms with E-state index in [0.717, 1.165) is 22.7 Å². The first-order valence-electron chi connectivity index (χ1n) is 5.49. The van der Waals surface area contributed by atoms with Crippen molar-refractivity contribution in [2.24, 2.45) is 4.99 Å². The van der Waals surface area contributed by atoms with Crippen molar-refractivity contribution in [1.29, 1.82) is 0 Å². The van der Waals surface area contributed by atoms with Crippen LogP contribution in [0.15, 0.2) is 17.4 Å². The molecule has 0 spiro atoms. The maximum Gasteiger partial charge on any atom is 0.115 e. The molecular formula is C13H19N3. The largest absolute Gasteiger partial charge is 0.297 e. The monoisotopic (exact) mass is 217 g/mol. The van der Waals surface area contributed by atoms with Crippen LogP contribution in [0, 0.1) is 6.92 Å². The van der Waals surface area contributed by atoms with Gasteiger partial charge in [0.1, 0.15) is 6.33 Å². The first-order valence-corrected chi connectivity index (χ1v) is 5.49. The third kappa shape index (κ3) is 2.54. The summed E-state index contributed by atoms with van der Waals surface area (Å²) in [5, 5.41) is 0. The van der Waals surface area contributed by atoms with E-state index in [-0.39, 0.29) is 5.92 Å². The van der Waals surface area contributed by atoms with E-state index in [1.807, 2.05) is 33.9 Å². The van der Waals surface area contributed by atoms with Crippen LogP contribution < -0.4 is 0 Å². The van der Waals surface area contributed by atoms with Gasteiger partial charge in [0.15, 0.2) is 0 Å². The molecule has 0 aliphatic carbocycles. The van der Waals surface area contributed by atoms with Crippen LogP contribution in [0.25, 0.3) is 6.08 Å². The van der Waals surface area contributed by atoms with Gasteiger partial charge in [-0.1, -0.05) is 19.1 Å². The molecule has 0 aliphatic rings. The van der Waals surface area contributed by atoms with Crippen molar-refractivity contribution in [1.82, 2.24) is 9.97 Å². The SMILES string of the molecule is CC=Cc1c(C)ncnc1C(C)C(C)=NC. The molecule has 0 amide bonds. The zero-order valence-electron chi connectivity index (χ0n) is 10.7. The number of hydrogen-bond donors (Lipinski definition) is 0. The molecular weight excluding hydrogens is 198 g/mol. The summed E-state index contributed by atoms with van der Waals surface area (Å²) in [6, 6.07) is 0. The van der Waals surface area contributed by atoms with Gasteiger partial charge in [0, 0.05) is 29.9 Å². The molecule has 1 unspecified atom stereocenters. The Balaban J connectivity index is 3.27. The highest BCUT2D eigenvalue weighted by Gasteiger charge is 2.15. The molecule has 3 heteroatoms. The number of hydrogen-bond acceptors (Lipinski definition) is 3. The third-order valence-corrected chi connectivity index (χ3v) is 2.84. The van der Waals surface area contributed by atoms with Gasteiger partial charge in [-0.25, -0.2) is 9.97 Å². The molecule has 86 valence electrons. The number of aromatic nitrogens is 2. The Morgan fingerprint density at radius 2 is 2.12 bits per heavy atom. The quantitative estimate of drug-likeness (QED) is 0.730. The summed E-state index contributed by atoms with van der Waals surface area (Å²) in [6.07, 6.45) is 5.70. The van der Waals surface area contributed by atoms with Crippen molar-refractivity contribution >= 4 is 11.8 Å². The fourth-order valence-corrected chi connectivity index (χ4v) is 1.61. The summed E-state index contributed by atoms with van der Waals surface area (Å²) in [5.41, 5.74) is 4.26. The van der Waals surface area contributed by atoms with E-state index in [4.69, 9.17) is 0 Å². The van der Waals surface area contributed by atoms with Crippen LogP contribution in [-0.4, -0.2) is 22.7 Å². The summed E-state index contributed by atoms with van der Waals surface area (Å²) < 4.78 is 0. The maximum atomic E-state index is 4.38. The molecule has 3 nitrogen and oxygen atoms in total. The highest BCUT2D eigenvalue weighted by molar-refractivity contribution is 5.88. The fourth-order valence-electron chi connectivity index (χ4n) is 1.61. The Morgan fingerprint density at radius 3 is 2.69 bits per heavy atom. The lowest BCUT2D eigenvalue weighted by Gasteiger charge is -2.14. The van der Waals surface area contributed by atoms with E-state index in [2.05, 4.69) is 28.0 Å². The summed E-state index contributed by atoms with van der Waals surface area (Å²) in [6.45, 7) is 8.16. The standard InChI is InChI=1S/C13H19N3/c1-6-7-12-11(4)15-8-16-13(12)9(2)10(3)14-5/h6-9H,1-5H3. The molecule has 1 atom stereocenters. The normalized spacial score (nSPS) is 14.4. The Morgan fingerprint density at radius 1 is 1.44 bits per heavy atom. The zero-order valence-corrected chi connectivity index (χ0v) is 10.7. The van der Waals surface area contributed by atoms with Gasteiger partial charge in [-0.05, 0) is 20.8 Å². The van der Waals surface area contributed by atoms with Gasteiger partial charge in [-0.2, -0.15) is 0 Å². The highest BCUT2D eigenvalue weighted by atomic mass is 14.8. The molecule has 0 saturated heterocycles. The average molecular weight is 217 g/mol. The molecule has 0 bridgehead atoms. The number of nitrogens with zero attached hydrogens (tertiary/aromatic N) is 3. The summed E-state index contributed by atoms with van der Waals surface area (Å²) in [5.74, 6) is 0.234. The summed E-state index contributed by atoms with van der Waals surface area (Å²) in [7, 11) is 1.81. The van der Waals surface area contributed by atoms with Gasteiger partial charge in [0.05, 0.1) is 5.69 Å². The van der Waals surface area contributed by atoms with Crippen molar-refractivity contribution in [2.75, 3.05) is 7.05 Å². The number of aliphatic imine (C=N–C) groups is 1. The highest BCUT2D eigenvalue weighted by Crippen LogP contribution is 2.21. The molecule has 1 heterocycles. The predicted molar refractivity (Wildman–Crippen MR) is 68.9 cm³/mol. The molecule has 0 N–H and O–H groups in total. The molecule has 1 aromatic heterocycles. The molecule has 16 heavy (non-hydrogen) atoms. The van der Waals surface area contributed by atoms with E-state index in [0.29, 0.717) is 0 Å². The van der Waals surface area contributed by atoms with Crippen molar-refractivity contribution in [2.45, 2.75) is 33.6 Å². The predicted octanol–water partition coefficient (Wildman–Crippen LogP) is 3.01. The Kier molecular flexibility index (Phi) is 4.35. The van der Waals surface area contributed by atoms with E-state index in [9.17, 15) is 0 Å². The summed E-state index contributed by atoms with van der Waals surface area (Å²) in [4.78, 5) is 12.8. The average Bonchev–Trinajstić information content (AvgIpc) is 2.30. The topological polar surface area (TPSA) is 38.1 Å². The molecule has 0 aromatic carbocycles. The van der Waals surface area contributed by atoms with Crippen LogP contribution in [0.1, 0.15) is 43.6 Å². The van der Waals surface area contributed by atoms with Crippen LogP contribution >= 0.6 is 0 Å². The molecule has 0 aliphatic heterocycles. The van der Waals surface area contributed by atoms with Crippen LogP contribution in [0.5, 0.6) is 0 Å². The lowest BCUT2D eigenvalue weighted by molar-refractivity contribution is 0.903. The lowest BCUT2D eigenvalue weighted by atomic mass is 9.97. The first kappa shape index (κ1) is 12.6.